The molecule has 0 saturated carbocycles. The highest BCUT2D eigenvalue weighted by Gasteiger charge is 2.20. The molecule has 1 aliphatic rings. The van der Waals surface area contributed by atoms with Crippen LogP contribution < -0.4 is 4.90 Å². The Labute approximate surface area is 103 Å². The first kappa shape index (κ1) is 11.9. The van der Waals surface area contributed by atoms with E-state index < -0.39 is 0 Å². The highest BCUT2D eigenvalue weighted by molar-refractivity contribution is 6.44. The van der Waals surface area contributed by atoms with Crippen LogP contribution in [-0.4, -0.2) is 38.1 Å². The quantitative estimate of drug-likeness (QED) is 0.566. The van der Waals surface area contributed by atoms with E-state index in [1.807, 2.05) is 30.3 Å². The summed E-state index contributed by atoms with van der Waals surface area (Å²) in [6.45, 7) is 0. The molecular formula is C13H19BN2O. The van der Waals surface area contributed by atoms with Crippen LogP contribution in [0.4, 0.5) is 0 Å². The zero-order chi connectivity index (χ0) is 12.3. The molecule has 0 spiro atoms. The Kier molecular flexibility index (Phi) is 3.64. The van der Waals surface area contributed by atoms with Crippen LogP contribution in [0.15, 0.2) is 42.7 Å². The molecular weight excluding hydrogens is 211 g/mol. The van der Waals surface area contributed by atoms with Gasteiger partial charge in [0.1, 0.15) is 12.0 Å². The zero-order valence-corrected chi connectivity index (χ0v) is 10.7. The summed E-state index contributed by atoms with van der Waals surface area (Å²) in [5.74, 6) is 0.290. The summed E-state index contributed by atoms with van der Waals surface area (Å²) in [5, 5.41) is 0. The van der Waals surface area contributed by atoms with E-state index in [-0.39, 0.29) is 7.28 Å². The number of carbonyl (C=O) groups is 1. The molecule has 2 rings (SSSR count). The molecule has 3 nitrogen and oxygen atoms in total. The van der Waals surface area contributed by atoms with Gasteiger partial charge in [0.15, 0.2) is 0 Å². The Morgan fingerprint density at radius 1 is 1.41 bits per heavy atom. The van der Waals surface area contributed by atoms with Gasteiger partial charge in [-0.15, -0.1) is 6.32 Å². The van der Waals surface area contributed by atoms with Crippen molar-refractivity contribution in [2.45, 2.75) is 12.4 Å². The van der Waals surface area contributed by atoms with Gasteiger partial charge in [0.2, 0.25) is 0 Å². The summed E-state index contributed by atoms with van der Waals surface area (Å²) in [7, 11) is 3.96. The van der Waals surface area contributed by atoms with Gasteiger partial charge in [-0.2, -0.15) is 0 Å². The molecule has 0 bridgehead atoms. The summed E-state index contributed by atoms with van der Waals surface area (Å²) in [5.41, 5.74) is 0.850. The van der Waals surface area contributed by atoms with Crippen molar-refractivity contribution in [2.75, 3.05) is 14.1 Å². The first-order chi connectivity index (χ1) is 8.18. The summed E-state index contributed by atoms with van der Waals surface area (Å²) < 4.78 is 0. The first-order valence-electron chi connectivity index (χ1n) is 6.38. The number of Topliss-reactive ketones (excluding diaryl/α,β-unsaturated/α-hetero) is 1. The molecule has 0 fully saturated rings. The molecule has 1 N–H and O–H groups in total. The maximum Gasteiger partial charge on any atom is 0.128 e. The van der Waals surface area contributed by atoms with E-state index in [0.29, 0.717) is 11.8 Å². The van der Waals surface area contributed by atoms with Crippen LogP contribution in [0.3, 0.4) is 0 Å². The summed E-state index contributed by atoms with van der Waals surface area (Å²) >= 11 is 0. The fourth-order valence-electron chi connectivity index (χ4n) is 2.64. The predicted molar refractivity (Wildman–Crippen MR) is 71.7 cm³/mol. The van der Waals surface area contributed by atoms with E-state index in [0.717, 1.165) is 11.9 Å². The van der Waals surface area contributed by atoms with Crippen molar-refractivity contribution in [3.63, 3.8) is 0 Å². The Morgan fingerprint density at radius 3 is 2.71 bits per heavy atom. The average Bonchev–Trinajstić information content (AvgIpc) is 2.67. The van der Waals surface area contributed by atoms with E-state index >= 15 is 0 Å². The molecule has 1 aromatic rings. The lowest BCUT2D eigenvalue weighted by molar-refractivity contribution is -0.841. The normalized spacial score (nSPS) is 23.1. The van der Waals surface area contributed by atoms with Crippen molar-refractivity contribution in [3.05, 3.63) is 48.3 Å². The van der Waals surface area contributed by atoms with Gasteiger partial charge in [-0.1, -0.05) is 30.3 Å². The minimum atomic E-state index is -0.290. The largest absolute Gasteiger partial charge is 0.361 e. The van der Waals surface area contributed by atoms with Gasteiger partial charge < -0.3 is 9.80 Å². The molecule has 2 atom stereocenters. The highest BCUT2D eigenvalue weighted by Crippen LogP contribution is 2.04. The van der Waals surface area contributed by atoms with Gasteiger partial charge in [0.25, 0.3) is 0 Å². The number of carbonyl (C=O) groups excluding carboxylic acids is 1. The average molecular weight is 230 g/mol. The number of rotatable bonds is 4. The number of quaternary nitrogens is 1. The monoisotopic (exact) mass is 230 g/mol. The first-order valence-corrected chi connectivity index (χ1v) is 6.38. The molecule has 1 aromatic carbocycles. The highest BCUT2D eigenvalue weighted by atomic mass is 16.1. The lowest BCUT2D eigenvalue weighted by Gasteiger charge is -2.27. The van der Waals surface area contributed by atoms with Crippen molar-refractivity contribution >= 4 is 13.1 Å². The molecule has 1 aliphatic heterocycles. The summed E-state index contributed by atoms with van der Waals surface area (Å²) in [6.07, 6.45) is 5.00. The summed E-state index contributed by atoms with van der Waals surface area (Å²) in [6, 6.07) is 10.1. The lowest BCUT2D eigenvalue weighted by Crippen LogP contribution is -3.09. The Balaban J connectivity index is 1.89. The van der Waals surface area contributed by atoms with Crippen molar-refractivity contribution in [1.82, 2.24) is 4.90 Å². The van der Waals surface area contributed by atoms with E-state index in [1.54, 1.807) is 0 Å². The Bertz CT molecular complexity index is 407. The van der Waals surface area contributed by atoms with Gasteiger partial charge in [-0.05, 0) is 0 Å². The van der Waals surface area contributed by atoms with Gasteiger partial charge in [-0.3, -0.25) is 4.79 Å². The van der Waals surface area contributed by atoms with Gasteiger partial charge in [0, 0.05) is 18.7 Å². The minimum absolute atomic E-state index is 0.290. The third-order valence-electron chi connectivity index (χ3n) is 3.85. The number of hydrogen-bond acceptors (Lipinski definition) is 2. The van der Waals surface area contributed by atoms with Gasteiger partial charge in [-0.25, -0.2) is 0 Å². The van der Waals surface area contributed by atoms with Crippen LogP contribution in [0.25, 0.3) is 0 Å². The summed E-state index contributed by atoms with van der Waals surface area (Å²) in [4.78, 5) is 15.6. The zero-order valence-electron chi connectivity index (χ0n) is 10.7. The maximum absolute atomic E-state index is 12.0. The van der Waals surface area contributed by atoms with Crippen LogP contribution >= 0.6 is 0 Å². The maximum atomic E-state index is 12.0. The van der Waals surface area contributed by atoms with Crippen LogP contribution in [0.1, 0.15) is 10.4 Å². The number of hydrogen-bond donors (Lipinski definition) is 1. The SMILES string of the molecule is CN1C=C[NH+](C)C1[BH2-]CC(=O)c1ccccc1. The van der Waals surface area contributed by atoms with Gasteiger partial charge >= 0.3 is 0 Å². The van der Waals surface area contributed by atoms with E-state index in [4.69, 9.17) is 0 Å². The standard InChI is InChI=1S/C13H18BN2O/c1-15-8-9-16(2)13(15)14-10-12(17)11-6-4-3-5-7-11/h3-9,13H,10,14H2,1-2H3/q-1/p+1. The number of nitrogens with zero attached hydrogens (tertiary/aromatic N) is 1. The van der Waals surface area contributed by atoms with Crippen molar-refractivity contribution in [3.8, 4) is 0 Å². The fraction of sp³-hybridized carbons (Fsp3) is 0.308. The number of ketones is 1. The number of nitrogens with one attached hydrogen (secondary N) is 1. The molecule has 90 valence electrons. The third kappa shape index (κ3) is 2.77. The smallest absolute Gasteiger partial charge is 0.128 e. The molecule has 0 saturated heterocycles. The van der Waals surface area contributed by atoms with E-state index in [2.05, 4.69) is 31.4 Å². The second kappa shape index (κ2) is 5.19. The number of benzene rings is 1. The molecule has 0 radical (unpaired) electrons. The second-order valence-corrected chi connectivity index (χ2v) is 4.95. The van der Waals surface area contributed by atoms with Crippen molar-refractivity contribution < 1.29 is 9.69 Å². The van der Waals surface area contributed by atoms with Crippen LogP contribution in [0, 0.1) is 0 Å². The van der Waals surface area contributed by atoms with Crippen LogP contribution in [0.2, 0.25) is 6.32 Å². The Hall–Kier alpha value is -1.55. The molecule has 0 amide bonds. The second-order valence-electron chi connectivity index (χ2n) is 4.95. The van der Waals surface area contributed by atoms with Crippen molar-refractivity contribution in [1.29, 1.82) is 0 Å². The molecule has 0 aromatic heterocycles. The van der Waals surface area contributed by atoms with E-state index in [1.165, 1.54) is 4.90 Å². The molecule has 2 unspecified atom stereocenters. The third-order valence-corrected chi connectivity index (χ3v) is 3.85. The van der Waals surface area contributed by atoms with Gasteiger partial charge in [0.05, 0.1) is 20.5 Å². The van der Waals surface area contributed by atoms with E-state index in [9.17, 15) is 4.79 Å². The fourth-order valence-corrected chi connectivity index (χ4v) is 2.64. The predicted octanol–water partition coefficient (Wildman–Crippen LogP) is -0.329. The topological polar surface area (TPSA) is 24.8 Å². The molecule has 0 aliphatic carbocycles. The van der Waals surface area contributed by atoms with Crippen LogP contribution in [0.5, 0.6) is 0 Å². The lowest BCUT2D eigenvalue weighted by atomic mass is 9.67. The minimum Gasteiger partial charge on any atom is -0.361 e. The molecule has 17 heavy (non-hydrogen) atoms. The molecule has 1 heterocycles. The van der Waals surface area contributed by atoms with Crippen LogP contribution in [-0.2, 0) is 0 Å². The van der Waals surface area contributed by atoms with Crippen molar-refractivity contribution in [2.24, 2.45) is 0 Å². The Morgan fingerprint density at radius 2 is 2.12 bits per heavy atom. The molecule has 4 heteroatoms.